The van der Waals surface area contributed by atoms with E-state index >= 15 is 0 Å². The van der Waals surface area contributed by atoms with Gasteiger partial charge in [0.05, 0.1) is 0 Å². The molecule has 5 heteroatoms. The number of nitrogen functional groups attached to an aromatic ring is 1. The molecule has 2 rings (SSSR count). The van der Waals surface area contributed by atoms with Crippen molar-refractivity contribution in [2.45, 2.75) is 6.42 Å². The van der Waals surface area contributed by atoms with Crippen LogP contribution in [0.3, 0.4) is 0 Å². The van der Waals surface area contributed by atoms with E-state index in [1.165, 1.54) is 0 Å². The predicted molar refractivity (Wildman–Crippen MR) is 76.1 cm³/mol. The van der Waals surface area contributed by atoms with Crippen molar-refractivity contribution in [3.63, 3.8) is 0 Å². The van der Waals surface area contributed by atoms with Gasteiger partial charge in [-0.3, -0.25) is 9.78 Å². The van der Waals surface area contributed by atoms with Crippen LogP contribution in [-0.4, -0.2) is 17.4 Å². The van der Waals surface area contributed by atoms with Gasteiger partial charge in [0, 0.05) is 41.1 Å². The Balaban J connectivity index is 1.91. The molecule has 2 aromatic rings. The first kappa shape index (κ1) is 13.4. The molecule has 4 nitrogen and oxygen atoms in total. The Bertz CT molecular complexity index is 552. The Hall–Kier alpha value is -2.07. The zero-order valence-corrected chi connectivity index (χ0v) is 11.0. The molecule has 3 N–H and O–H groups in total. The third-order valence-corrected chi connectivity index (χ3v) is 2.79. The van der Waals surface area contributed by atoms with Gasteiger partial charge in [-0.25, -0.2) is 0 Å². The number of amides is 1. The van der Waals surface area contributed by atoms with E-state index in [1.54, 1.807) is 24.4 Å². The van der Waals surface area contributed by atoms with Crippen LogP contribution < -0.4 is 11.1 Å². The maximum absolute atomic E-state index is 11.9. The van der Waals surface area contributed by atoms with E-state index in [1.807, 2.05) is 18.2 Å². The van der Waals surface area contributed by atoms with Gasteiger partial charge in [0.1, 0.15) is 0 Å². The second kappa shape index (κ2) is 6.20. The number of anilines is 1. The standard InChI is InChI=1S/C14H14ClN3O/c15-11-7-10(8-12(16)9-11)14(19)18-6-4-13-3-1-2-5-17-13/h1-3,5,7-9H,4,6,16H2,(H,18,19). The van der Waals surface area contributed by atoms with E-state index in [2.05, 4.69) is 10.3 Å². The van der Waals surface area contributed by atoms with Crippen molar-refractivity contribution in [3.05, 3.63) is 58.9 Å². The van der Waals surface area contributed by atoms with Crippen molar-refractivity contribution in [2.24, 2.45) is 0 Å². The minimum absolute atomic E-state index is 0.190. The molecule has 0 atom stereocenters. The van der Waals surface area contributed by atoms with Crippen molar-refractivity contribution in [3.8, 4) is 0 Å². The van der Waals surface area contributed by atoms with E-state index in [0.29, 0.717) is 29.2 Å². The molecule has 0 aliphatic carbocycles. The third kappa shape index (κ3) is 3.96. The molecule has 1 heterocycles. The number of benzene rings is 1. The molecule has 0 aliphatic rings. The number of hydrogen-bond acceptors (Lipinski definition) is 3. The van der Waals surface area contributed by atoms with Gasteiger partial charge < -0.3 is 11.1 Å². The van der Waals surface area contributed by atoms with Gasteiger partial charge in [-0.15, -0.1) is 0 Å². The Labute approximate surface area is 116 Å². The molecule has 1 aromatic heterocycles. The van der Waals surface area contributed by atoms with E-state index in [0.717, 1.165) is 5.69 Å². The van der Waals surface area contributed by atoms with Crippen LogP contribution >= 0.6 is 11.6 Å². The number of nitrogens with one attached hydrogen (secondary N) is 1. The zero-order chi connectivity index (χ0) is 13.7. The monoisotopic (exact) mass is 275 g/mol. The fourth-order valence-electron chi connectivity index (χ4n) is 1.70. The summed E-state index contributed by atoms with van der Waals surface area (Å²) in [5.74, 6) is -0.190. The molecule has 19 heavy (non-hydrogen) atoms. The van der Waals surface area contributed by atoms with E-state index in [9.17, 15) is 4.79 Å². The van der Waals surface area contributed by atoms with Crippen LogP contribution in [0.4, 0.5) is 5.69 Å². The highest BCUT2D eigenvalue weighted by Crippen LogP contribution is 2.16. The average Bonchev–Trinajstić information content (AvgIpc) is 2.38. The number of halogens is 1. The average molecular weight is 276 g/mol. The molecular weight excluding hydrogens is 262 g/mol. The lowest BCUT2D eigenvalue weighted by atomic mass is 10.2. The number of nitrogens with zero attached hydrogens (tertiary/aromatic N) is 1. The smallest absolute Gasteiger partial charge is 0.251 e. The van der Waals surface area contributed by atoms with E-state index in [4.69, 9.17) is 17.3 Å². The van der Waals surface area contributed by atoms with Crippen LogP contribution in [0.5, 0.6) is 0 Å². The first-order chi connectivity index (χ1) is 9.15. The van der Waals surface area contributed by atoms with Crippen molar-refractivity contribution in [1.82, 2.24) is 10.3 Å². The Kier molecular flexibility index (Phi) is 4.36. The molecule has 0 radical (unpaired) electrons. The van der Waals surface area contributed by atoms with Crippen LogP contribution in [0.15, 0.2) is 42.6 Å². The lowest BCUT2D eigenvalue weighted by Crippen LogP contribution is -2.26. The second-order valence-corrected chi connectivity index (χ2v) is 4.54. The molecule has 1 aromatic carbocycles. The zero-order valence-electron chi connectivity index (χ0n) is 10.3. The fourth-order valence-corrected chi connectivity index (χ4v) is 1.94. The van der Waals surface area contributed by atoms with E-state index in [-0.39, 0.29) is 5.91 Å². The van der Waals surface area contributed by atoms with Gasteiger partial charge >= 0.3 is 0 Å². The molecule has 0 spiro atoms. The summed E-state index contributed by atoms with van der Waals surface area (Å²) in [5, 5.41) is 3.26. The second-order valence-electron chi connectivity index (χ2n) is 4.10. The predicted octanol–water partition coefficient (Wildman–Crippen LogP) is 2.29. The topological polar surface area (TPSA) is 68.0 Å². The van der Waals surface area contributed by atoms with Crippen molar-refractivity contribution >= 4 is 23.2 Å². The number of carbonyl (C=O) groups is 1. The summed E-state index contributed by atoms with van der Waals surface area (Å²) in [5.41, 5.74) is 7.52. The highest BCUT2D eigenvalue weighted by Gasteiger charge is 2.07. The normalized spacial score (nSPS) is 10.2. The van der Waals surface area contributed by atoms with Crippen molar-refractivity contribution in [2.75, 3.05) is 12.3 Å². The van der Waals surface area contributed by atoms with Crippen molar-refractivity contribution < 1.29 is 4.79 Å². The quantitative estimate of drug-likeness (QED) is 0.841. The summed E-state index contributed by atoms with van der Waals surface area (Å²) in [7, 11) is 0. The number of hydrogen-bond donors (Lipinski definition) is 2. The molecule has 0 unspecified atom stereocenters. The van der Waals surface area contributed by atoms with Crippen LogP contribution in [0.25, 0.3) is 0 Å². The first-order valence-corrected chi connectivity index (χ1v) is 6.27. The first-order valence-electron chi connectivity index (χ1n) is 5.89. The molecule has 98 valence electrons. The van der Waals surface area contributed by atoms with Gasteiger partial charge in [-0.2, -0.15) is 0 Å². The number of aromatic nitrogens is 1. The maximum Gasteiger partial charge on any atom is 0.251 e. The number of carbonyl (C=O) groups excluding carboxylic acids is 1. The molecule has 0 bridgehead atoms. The van der Waals surface area contributed by atoms with Gasteiger partial charge in [-0.05, 0) is 30.3 Å². The molecule has 1 amide bonds. The molecule has 0 saturated heterocycles. The van der Waals surface area contributed by atoms with Gasteiger partial charge in [0.15, 0.2) is 0 Å². The lowest BCUT2D eigenvalue weighted by molar-refractivity contribution is 0.0954. The Morgan fingerprint density at radius 2 is 2.16 bits per heavy atom. The Morgan fingerprint density at radius 1 is 1.32 bits per heavy atom. The molecule has 0 saturated carbocycles. The SMILES string of the molecule is Nc1cc(Cl)cc(C(=O)NCCc2ccccn2)c1. The third-order valence-electron chi connectivity index (χ3n) is 2.58. The van der Waals surface area contributed by atoms with Crippen LogP contribution in [0, 0.1) is 0 Å². The number of nitrogens with two attached hydrogens (primary N) is 1. The van der Waals surface area contributed by atoms with Gasteiger partial charge in [0.25, 0.3) is 5.91 Å². The summed E-state index contributed by atoms with van der Waals surface area (Å²) >= 11 is 5.85. The van der Waals surface area contributed by atoms with Crippen LogP contribution in [0.2, 0.25) is 5.02 Å². The summed E-state index contributed by atoms with van der Waals surface area (Å²) in [6, 6.07) is 10.5. The number of rotatable bonds is 4. The minimum atomic E-state index is -0.190. The molecular formula is C14H14ClN3O. The summed E-state index contributed by atoms with van der Waals surface area (Å²) in [4.78, 5) is 16.1. The van der Waals surface area contributed by atoms with Crippen LogP contribution in [-0.2, 0) is 6.42 Å². The maximum atomic E-state index is 11.9. The highest BCUT2D eigenvalue weighted by atomic mass is 35.5. The largest absolute Gasteiger partial charge is 0.399 e. The van der Waals surface area contributed by atoms with Crippen molar-refractivity contribution in [1.29, 1.82) is 0 Å². The van der Waals surface area contributed by atoms with Gasteiger partial charge in [0.2, 0.25) is 0 Å². The van der Waals surface area contributed by atoms with Gasteiger partial charge in [-0.1, -0.05) is 17.7 Å². The fraction of sp³-hybridized carbons (Fsp3) is 0.143. The molecule has 0 fully saturated rings. The summed E-state index contributed by atoms with van der Waals surface area (Å²) in [6.45, 7) is 0.516. The molecule has 0 aliphatic heterocycles. The van der Waals surface area contributed by atoms with Crippen LogP contribution in [0.1, 0.15) is 16.1 Å². The Morgan fingerprint density at radius 3 is 2.84 bits per heavy atom. The lowest BCUT2D eigenvalue weighted by Gasteiger charge is -2.06. The highest BCUT2D eigenvalue weighted by molar-refractivity contribution is 6.31. The summed E-state index contributed by atoms with van der Waals surface area (Å²) in [6.07, 6.45) is 2.41. The summed E-state index contributed by atoms with van der Waals surface area (Å²) < 4.78 is 0. The van der Waals surface area contributed by atoms with E-state index < -0.39 is 0 Å². The minimum Gasteiger partial charge on any atom is -0.399 e. The number of pyridine rings is 1.